The van der Waals surface area contributed by atoms with Gasteiger partial charge >= 0.3 is 11.9 Å². The number of rotatable bonds is 7. The minimum Gasteiger partial charge on any atom is -0.466 e. The number of ether oxygens (including phenoxy) is 2. The molecule has 1 saturated carbocycles. The van der Waals surface area contributed by atoms with Gasteiger partial charge in [0, 0.05) is 24.7 Å². The van der Waals surface area contributed by atoms with E-state index in [-0.39, 0.29) is 28.9 Å². The molecule has 1 aliphatic heterocycles. The standard InChI is InChI=1S/C22H27N3O5S/c1-4-29-21(27)15-7-9-25(10-8-15)20(26)13(2)30-22(28)16-11-18(14-5-6-14)24-19(31-3)17(16)12-23/h11,13-15H,4-10H2,1-3H3. The Labute approximate surface area is 186 Å². The lowest BCUT2D eigenvalue weighted by Gasteiger charge is -2.32. The molecule has 1 aromatic heterocycles. The molecule has 0 aromatic carbocycles. The second kappa shape index (κ2) is 10.1. The van der Waals surface area contributed by atoms with E-state index in [1.165, 1.54) is 18.7 Å². The van der Waals surface area contributed by atoms with Gasteiger partial charge in [-0.25, -0.2) is 9.78 Å². The average Bonchev–Trinajstić information content (AvgIpc) is 3.63. The number of thioether (sulfide) groups is 1. The zero-order valence-electron chi connectivity index (χ0n) is 18.1. The Hall–Kier alpha value is -2.60. The number of hydrogen-bond acceptors (Lipinski definition) is 8. The van der Waals surface area contributed by atoms with E-state index in [0.29, 0.717) is 43.5 Å². The topological polar surface area (TPSA) is 110 Å². The zero-order valence-corrected chi connectivity index (χ0v) is 18.9. The quantitative estimate of drug-likeness (QED) is 0.465. The fourth-order valence-corrected chi connectivity index (χ4v) is 4.23. The molecule has 1 unspecified atom stereocenters. The summed E-state index contributed by atoms with van der Waals surface area (Å²) >= 11 is 1.31. The number of esters is 2. The minimum absolute atomic E-state index is 0.157. The van der Waals surface area contributed by atoms with Gasteiger partial charge in [-0.15, -0.1) is 11.8 Å². The second-order valence-corrected chi connectivity index (χ2v) is 8.56. The minimum atomic E-state index is -0.992. The summed E-state index contributed by atoms with van der Waals surface area (Å²) in [6, 6.07) is 3.68. The Balaban J connectivity index is 1.66. The van der Waals surface area contributed by atoms with Crippen molar-refractivity contribution >= 4 is 29.6 Å². The van der Waals surface area contributed by atoms with Crippen LogP contribution in [0.4, 0.5) is 0 Å². The van der Waals surface area contributed by atoms with Crippen LogP contribution in [0.3, 0.4) is 0 Å². The number of nitrogens with zero attached hydrogens (tertiary/aromatic N) is 3. The van der Waals surface area contributed by atoms with Crippen LogP contribution in [0, 0.1) is 17.2 Å². The zero-order chi connectivity index (χ0) is 22.5. The van der Waals surface area contributed by atoms with E-state index in [2.05, 4.69) is 11.1 Å². The third-order valence-electron chi connectivity index (χ3n) is 5.58. The summed E-state index contributed by atoms with van der Waals surface area (Å²) in [6.45, 7) is 4.45. The molecule has 1 atom stereocenters. The van der Waals surface area contributed by atoms with Gasteiger partial charge in [0.15, 0.2) is 6.10 Å². The first-order valence-electron chi connectivity index (χ1n) is 10.5. The molecule has 0 radical (unpaired) electrons. The van der Waals surface area contributed by atoms with Gasteiger partial charge in [0.25, 0.3) is 5.91 Å². The van der Waals surface area contributed by atoms with Gasteiger partial charge in [-0.05, 0) is 51.9 Å². The molecular formula is C22H27N3O5S. The van der Waals surface area contributed by atoms with E-state index in [9.17, 15) is 19.6 Å². The molecule has 8 nitrogen and oxygen atoms in total. The van der Waals surface area contributed by atoms with Crippen molar-refractivity contribution in [2.45, 2.75) is 56.6 Å². The SMILES string of the molecule is CCOC(=O)C1CCN(C(=O)C(C)OC(=O)c2cc(C3CC3)nc(SC)c2C#N)CC1. The third-order valence-corrected chi connectivity index (χ3v) is 6.27. The third kappa shape index (κ3) is 5.37. The Bertz CT molecular complexity index is 901. The average molecular weight is 446 g/mol. The smallest absolute Gasteiger partial charge is 0.340 e. The summed E-state index contributed by atoms with van der Waals surface area (Å²) in [7, 11) is 0. The molecule has 0 N–H and O–H groups in total. The lowest BCUT2D eigenvalue weighted by atomic mass is 9.96. The summed E-state index contributed by atoms with van der Waals surface area (Å²) in [5, 5.41) is 10.1. The molecule has 2 fully saturated rings. The van der Waals surface area contributed by atoms with Crippen LogP contribution in [0.25, 0.3) is 0 Å². The molecule has 0 bridgehead atoms. The van der Waals surface area contributed by atoms with E-state index in [1.807, 2.05) is 0 Å². The van der Waals surface area contributed by atoms with E-state index in [0.717, 1.165) is 18.5 Å². The number of carbonyl (C=O) groups is 3. The number of carbonyl (C=O) groups excluding carboxylic acids is 3. The Morgan fingerprint density at radius 1 is 1.29 bits per heavy atom. The van der Waals surface area contributed by atoms with E-state index in [1.54, 1.807) is 24.1 Å². The first-order valence-corrected chi connectivity index (χ1v) is 11.8. The summed E-state index contributed by atoms with van der Waals surface area (Å²) in [5.74, 6) is -1.13. The van der Waals surface area contributed by atoms with Crippen LogP contribution in [0.1, 0.15) is 67.1 Å². The highest BCUT2D eigenvalue weighted by Crippen LogP contribution is 2.40. The van der Waals surface area contributed by atoms with Gasteiger partial charge in [-0.2, -0.15) is 5.26 Å². The summed E-state index contributed by atoms with van der Waals surface area (Å²) in [5.41, 5.74) is 1.12. The van der Waals surface area contributed by atoms with Crippen LogP contribution in [0.2, 0.25) is 0 Å². The molecule has 0 spiro atoms. The van der Waals surface area contributed by atoms with Crippen LogP contribution in [0.15, 0.2) is 11.1 Å². The van der Waals surface area contributed by atoms with Gasteiger partial charge in [-0.3, -0.25) is 9.59 Å². The Morgan fingerprint density at radius 3 is 2.52 bits per heavy atom. The van der Waals surface area contributed by atoms with Crippen molar-refractivity contribution in [3.8, 4) is 6.07 Å². The lowest BCUT2D eigenvalue weighted by molar-refractivity contribution is -0.152. The van der Waals surface area contributed by atoms with Crippen molar-refractivity contribution in [1.82, 2.24) is 9.88 Å². The first-order chi connectivity index (χ1) is 14.9. The van der Waals surface area contributed by atoms with Gasteiger partial charge in [0.2, 0.25) is 0 Å². The maximum atomic E-state index is 12.9. The summed E-state index contributed by atoms with van der Waals surface area (Å²) in [6.07, 6.45) is 3.89. The molecule has 1 aromatic rings. The van der Waals surface area contributed by atoms with Crippen molar-refractivity contribution in [1.29, 1.82) is 5.26 Å². The number of hydrogen-bond donors (Lipinski definition) is 0. The maximum Gasteiger partial charge on any atom is 0.340 e. The highest BCUT2D eigenvalue weighted by Gasteiger charge is 2.33. The number of nitriles is 1. The van der Waals surface area contributed by atoms with Crippen molar-refractivity contribution in [2.24, 2.45) is 5.92 Å². The molecule has 2 heterocycles. The summed E-state index contributed by atoms with van der Waals surface area (Å²) in [4.78, 5) is 43.6. The number of likely N-dealkylation sites (tertiary alicyclic amines) is 1. The highest BCUT2D eigenvalue weighted by molar-refractivity contribution is 7.98. The fourth-order valence-electron chi connectivity index (χ4n) is 3.67. The Kier molecular flexibility index (Phi) is 7.55. The van der Waals surface area contributed by atoms with Gasteiger partial charge in [-0.1, -0.05) is 0 Å². The monoisotopic (exact) mass is 445 g/mol. The fraction of sp³-hybridized carbons (Fsp3) is 0.591. The van der Waals surface area contributed by atoms with E-state index < -0.39 is 12.1 Å². The Morgan fingerprint density at radius 2 is 1.97 bits per heavy atom. The van der Waals surface area contributed by atoms with Crippen LogP contribution >= 0.6 is 11.8 Å². The van der Waals surface area contributed by atoms with Gasteiger partial charge < -0.3 is 14.4 Å². The molecule has 9 heteroatoms. The number of piperidine rings is 1. The first kappa shape index (κ1) is 23.1. The van der Waals surface area contributed by atoms with Crippen molar-refractivity contribution < 1.29 is 23.9 Å². The van der Waals surface area contributed by atoms with E-state index >= 15 is 0 Å². The second-order valence-electron chi connectivity index (χ2n) is 7.76. The van der Waals surface area contributed by atoms with Crippen LogP contribution in [-0.2, 0) is 19.1 Å². The van der Waals surface area contributed by atoms with Gasteiger partial charge in [0.05, 0.1) is 23.7 Å². The molecular weight excluding hydrogens is 418 g/mol. The number of amides is 1. The van der Waals surface area contributed by atoms with Crippen LogP contribution < -0.4 is 0 Å². The van der Waals surface area contributed by atoms with Crippen LogP contribution in [-0.4, -0.2) is 59.8 Å². The molecule has 2 aliphatic rings. The lowest BCUT2D eigenvalue weighted by Crippen LogP contribution is -2.45. The maximum absolute atomic E-state index is 12.9. The molecule has 31 heavy (non-hydrogen) atoms. The number of aromatic nitrogens is 1. The predicted molar refractivity (Wildman–Crippen MR) is 114 cm³/mol. The summed E-state index contributed by atoms with van der Waals surface area (Å²) < 4.78 is 10.5. The highest BCUT2D eigenvalue weighted by atomic mass is 32.2. The predicted octanol–water partition coefficient (Wildman–Crippen LogP) is 2.90. The molecule has 1 saturated heterocycles. The largest absolute Gasteiger partial charge is 0.466 e. The van der Waals surface area contributed by atoms with Crippen LogP contribution in [0.5, 0.6) is 0 Å². The van der Waals surface area contributed by atoms with Gasteiger partial charge in [0.1, 0.15) is 11.1 Å². The van der Waals surface area contributed by atoms with Crippen molar-refractivity contribution in [3.63, 3.8) is 0 Å². The normalized spacial score (nSPS) is 17.5. The molecule has 1 aliphatic carbocycles. The van der Waals surface area contributed by atoms with E-state index in [4.69, 9.17) is 9.47 Å². The molecule has 3 rings (SSSR count). The number of pyridine rings is 1. The van der Waals surface area contributed by atoms with Crippen molar-refractivity contribution in [3.05, 3.63) is 22.9 Å². The van der Waals surface area contributed by atoms with Crippen molar-refractivity contribution in [2.75, 3.05) is 26.0 Å². The molecule has 1 amide bonds. The molecule has 166 valence electrons.